The van der Waals surface area contributed by atoms with Crippen LogP contribution in [0.2, 0.25) is 0 Å². The summed E-state index contributed by atoms with van der Waals surface area (Å²) in [7, 11) is 0. The van der Waals surface area contributed by atoms with E-state index in [-0.39, 0.29) is 11.9 Å². The Labute approximate surface area is 139 Å². The maximum atomic E-state index is 12.5. The number of para-hydroxylation sites is 1. The van der Waals surface area contributed by atoms with E-state index in [2.05, 4.69) is 20.2 Å². The molecule has 1 aromatic carbocycles. The van der Waals surface area contributed by atoms with Crippen LogP contribution >= 0.6 is 0 Å². The zero-order valence-corrected chi connectivity index (χ0v) is 13.2. The molecule has 3 aromatic rings. The predicted molar refractivity (Wildman–Crippen MR) is 90.9 cm³/mol. The number of aromatic nitrogens is 2. The minimum absolute atomic E-state index is 0.0586. The van der Waals surface area contributed by atoms with Crippen molar-refractivity contribution in [3.63, 3.8) is 0 Å². The first-order valence-corrected chi connectivity index (χ1v) is 8.11. The molecular formula is C18H18N4O2. The molecule has 1 aliphatic rings. The fourth-order valence-corrected chi connectivity index (χ4v) is 3.08. The second-order valence-corrected chi connectivity index (χ2v) is 5.96. The van der Waals surface area contributed by atoms with E-state index in [4.69, 9.17) is 4.42 Å². The van der Waals surface area contributed by atoms with Gasteiger partial charge in [-0.3, -0.25) is 4.79 Å². The SMILES string of the molecule is O=C(N[C@H]1CCCN(c2ncccn2)C1)c1cc2ccccc2o1. The van der Waals surface area contributed by atoms with E-state index in [1.807, 2.05) is 24.3 Å². The number of rotatable bonds is 3. The van der Waals surface area contributed by atoms with Crippen LogP contribution < -0.4 is 10.2 Å². The molecule has 1 saturated heterocycles. The molecule has 0 aliphatic carbocycles. The van der Waals surface area contributed by atoms with Gasteiger partial charge in [0.25, 0.3) is 5.91 Å². The summed E-state index contributed by atoms with van der Waals surface area (Å²) in [6.07, 6.45) is 5.40. The van der Waals surface area contributed by atoms with Gasteiger partial charge in [0, 0.05) is 36.9 Å². The number of fused-ring (bicyclic) bond motifs is 1. The van der Waals surface area contributed by atoms with Crippen molar-refractivity contribution in [3.05, 3.63) is 54.6 Å². The van der Waals surface area contributed by atoms with Crippen LogP contribution in [0.3, 0.4) is 0 Å². The smallest absolute Gasteiger partial charge is 0.287 e. The highest BCUT2D eigenvalue weighted by atomic mass is 16.3. The summed E-state index contributed by atoms with van der Waals surface area (Å²) in [4.78, 5) is 23.1. The molecule has 6 nitrogen and oxygen atoms in total. The summed E-state index contributed by atoms with van der Waals surface area (Å²) in [5.74, 6) is 0.886. The van der Waals surface area contributed by atoms with Gasteiger partial charge in [0.1, 0.15) is 5.58 Å². The first kappa shape index (κ1) is 14.7. The second-order valence-electron chi connectivity index (χ2n) is 5.96. The van der Waals surface area contributed by atoms with Crippen LogP contribution in [-0.4, -0.2) is 35.0 Å². The largest absolute Gasteiger partial charge is 0.451 e. The molecule has 0 spiro atoms. The Morgan fingerprint density at radius 1 is 1.21 bits per heavy atom. The molecule has 2 aromatic heterocycles. The Bertz CT molecular complexity index is 813. The van der Waals surface area contributed by atoms with Crippen molar-refractivity contribution in [1.29, 1.82) is 0 Å². The average molecular weight is 322 g/mol. The van der Waals surface area contributed by atoms with Gasteiger partial charge in [-0.15, -0.1) is 0 Å². The van der Waals surface area contributed by atoms with Crippen LogP contribution in [0.5, 0.6) is 0 Å². The van der Waals surface area contributed by atoms with Crippen molar-refractivity contribution in [3.8, 4) is 0 Å². The standard InChI is InChI=1S/C18H18N4O2/c23-17(16-11-13-5-1-2-7-15(13)24-16)21-14-6-3-10-22(12-14)18-19-8-4-9-20-18/h1-2,4-5,7-9,11,14H,3,6,10,12H2,(H,21,23)/t14-/m0/s1. The second kappa shape index (κ2) is 6.31. The fourth-order valence-electron chi connectivity index (χ4n) is 3.08. The number of carbonyl (C=O) groups is 1. The van der Waals surface area contributed by atoms with Crippen molar-refractivity contribution in [2.24, 2.45) is 0 Å². The lowest BCUT2D eigenvalue weighted by Gasteiger charge is -2.32. The number of amides is 1. The summed E-state index contributed by atoms with van der Waals surface area (Å²) in [5, 5.41) is 4.00. The van der Waals surface area contributed by atoms with Crippen molar-refractivity contribution in [1.82, 2.24) is 15.3 Å². The number of hydrogen-bond donors (Lipinski definition) is 1. The van der Waals surface area contributed by atoms with Gasteiger partial charge in [-0.2, -0.15) is 0 Å². The molecule has 0 unspecified atom stereocenters. The number of furan rings is 1. The summed E-state index contributed by atoms with van der Waals surface area (Å²) < 4.78 is 5.63. The molecule has 0 radical (unpaired) electrons. The van der Waals surface area contributed by atoms with Crippen molar-refractivity contribution in [2.75, 3.05) is 18.0 Å². The third-order valence-electron chi connectivity index (χ3n) is 4.24. The minimum atomic E-state index is -0.174. The number of carbonyl (C=O) groups excluding carboxylic acids is 1. The molecule has 4 rings (SSSR count). The van der Waals surface area contributed by atoms with E-state index < -0.39 is 0 Å². The lowest BCUT2D eigenvalue weighted by molar-refractivity contribution is 0.0907. The van der Waals surface area contributed by atoms with Crippen LogP contribution in [0.4, 0.5) is 5.95 Å². The van der Waals surface area contributed by atoms with E-state index in [0.717, 1.165) is 30.4 Å². The average Bonchev–Trinajstić information content (AvgIpc) is 3.07. The van der Waals surface area contributed by atoms with Gasteiger partial charge in [-0.05, 0) is 31.0 Å². The quantitative estimate of drug-likeness (QED) is 0.802. The fraction of sp³-hybridized carbons (Fsp3) is 0.278. The Morgan fingerprint density at radius 3 is 2.88 bits per heavy atom. The molecule has 6 heteroatoms. The lowest BCUT2D eigenvalue weighted by atomic mass is 10.1. The van der Waals surface area contributed by atoms with Gasteiger partial charge < -0.3 is 14.6 Å². The first-order chi connectivity index (χ1) is 11.8. The summed E-state index contributed by atoms with van der Waals surface area (Å²) in [5.41, 5.74) is 0.727. The number of benzene rings is 1. The van der Waals surface area contributed by atoms with E-state index in [0.29, 0.717) is 18.3 Å². The van der Waals surface area contributed by atoms with Crippen molar-refractivity contribution in [2.45, 2.75) is 18.9 Å². The Kier molecular flexibility index (Phi) is 3.86. The maximum absolute atomic E-state index is 12.5. The highest BCUT2D eigenvalue weighted by molar-refractivity contribution is 5.96. The Morgan fingerprint density at radius 2 is 2.04 bits per heavy atom. The summed E-state index contributed by atoms with van der Waals surface area (Å²) in [6.45, 7) is 1.61. The van der Waals surface area contributed by atoms with E-state index in [1.165, 1.54) is 0 Å². The number of hydrogen-bond acceptors (Lipinski definition) is 5. The van der Waals surface area contributed by atoms with Gasteiger partial charge in [0.05, 0.1) is 0 Å². The monoisotopic (exact) mass is 322 g/mol. The minimum Gasteiger partial charge on any atom is -0.451 e. The van der Waals surface area contributed by atoms with Crippen LogP contribution in [-0.2, 0) is 0 Å². The highest BCUT2D eigenvalue weighted by Gasteiger charge is 2.24. The molecule has 0 saturated carbocycles. The van der Waals surface area contributed by atoms with E-state index >= 15 is 0 Å². The van der Waals surface area contributed by atoms with Gasteiger partial charge >= 0.3 is 0 Å². The molecule has 24 heavy (non-hydrogen) atoms. The lowest BCUT2D eigenvalue weighted by Crippen LogP contribution is -2.48. The van der Waals surface area contributed by atoms with Gasteiger partial charge in [-0.1, -0.05) is 18.2 Å². The number of nitrogens with one attached hydrogen (secondary N) is 1. The van der Waals surface area contributed by atoms with Crippen molar-refractivity contribution < 1.29 is 9.21 Å². The number of piperidine rings is 1. The molecule has 3 heterocycles. The molecule has 1 atom stereocenters. The van der Waals surface area contributed by atoms with Crippen molar-refractivity contribution >= 4 is 22.8 Å². The van der Waals surface area contributed by atoms with Crippen LogP contribution in [0, 0.1) is 0 Å². The topological polar surface area (TPSA) is 71.3 Å². The van der Waals surface area contributed by atoms with Gasteiger partial charge in [0.15, 0.2) is 5.76 Å². The van der Waals surface area contributed by atoms with E-state index in [9.17, 15) is 4.79 Å². The van der Waals surface area contributed by atoms with Crippen LogP contribution in [0.25, 0.3) is 11.0 Å². The van der Waals surface area contributed by atoms with Crippen LogP contribution in [0.15, 0.2) is 53.2 Å². The first-order valence-electron chi connectivity index (χ1n) is 8.11. The zero-order valence-electron chi connectivity index (χ0n) is 13.2. The molecule has 1 amide bonds. The van der Waals surface area contributed by atoms with Gasteiger partial charge in [-0.25, -0.2) is 9.97 Å². The predicted octanol–water partition coefficient (Wildman–Crippen LogP) is 2.62. The Hall–Kier alpha value is -2.89. The molecule has 1 aliphatic heterocycles. The van der Waals surface area contributed by atoms with Crippen LogP contribution in [0.1, 0.15) is 23.4 Å². The molecular weight excluding hydrogens is 304 g/mol. The maximum Gasteiger partial charge on any atom is 0.287 e. The third-order valence-corrected chi connectivity index (χ3v) is 4.24. The molecule has 122 valence electrons. The summed E-state index contributed by atoms with van der Waals surface area (Å²) in [6, 6.07) is 11.3. The normalized spacial score (nSPS) is 17.8. The molecule has 1 fully saturated rings. The van der Waals surface area contributed by atoms with Gasteiger partial charge in [0.2, 0.25) is 5.95 Å². The third kappa shape index (κ3) is 2.95. The number of nitrogens with zero attached hydrogens (tertiary/aromatic N) is 3. The zero-order chi connectivity index (χ0) is 16.4. The summed E-state index contributed by atoms with van der Waals surface area (Å²) >= 11 is 0. The highest BCUT2D eigenvalue weighted by Crippen LogP contribution is 2.20. The molecule has 0 bridgehead atoms. The van der Waals surface area contributed by atoms with E-state index in [1.54, 1.807) is 24.5 Å². The Balaban J connectivity index is 1.45. The number of anilines is 1. The molecule has 1 N–H and O–H groups in total.